The van der Waals surface area contributed by atoms with Gasteiger partial charge in [0.05, 0.1) is 24.8 Å². The number of nitriles is 1. The second-order valence-electron chi connectivity index (χ2n) is 3.93. The van der Waals surface area contributed by atoms with E-state index >= 15 is 0 Å². The molecule has 2 rings (SSSR count). The fourth-order valence-corrected chi connectivity index (χ4v) is 1.70. The van der Waals surface area contributed by atoms with Crippen molar-refractivity contribution in [3.05, 3.63) is 29.8 Å². The molecular formula is C15H22N2O2. The number of hydrogen-bond acceptors (Lipinski definition) is 4. The van der Waals surface area contributed by atoms with Gasteiger partial charge in [-0.1, -0.05) is 13.8 Å². The minimum absolute atomic E-state index is 0.0744. The van der Waals surface area contributed by atoms with Crippen molar-refractivity contribution in [1.29, 1.82) is 5.26 Å². The Labute approximate surface area is 115 Å². The van der Waals surface area contributed by atoms with Crippen molar-refractivity contribution in [2.45, 2.75) is 33.0 Å². The van der Waals surface area contributed by atoms with Crippen LogP contribution in [-0.2, 0) is 9.47 Å². The molecule has 1 N–H and O–H groups in total. The third kappa shape index (κ3) is 5.73. The van der Waals surface area contributed by atoms with E-state index in [1.54, 1.807) is 12.1 Å². The Bertz CT molecular complexity index is 378. The van der Waals surface area contributed by atoms with E-state index in [9.17, 15) is 0 Å². The summed E-state index contributed by atoms with van der Waals surface area (Å²) in [5.41, 5.74) is 1.69. The number of rotatable bonds is 4. The molecule has 1 heterocycles. The van der Waals surface area contributed by atoms with Crippen LogP contribution < -0.4 is 5.32 Å². The fourth-order valence-electron chi connectivity index (χ4n) is 1.70. The molecule has 0 atom stereocenters. The summed E-state index contributed by atoms with van der Waals surface area (Å²) in [6.45, 7) is 6.39. The van der Waals surface area contributed by atoms with Crippen molar-refractivity contribution >= 4 is 5.69 Å². The van der Waals surface area contributed by atoms with Crippen LogP contribution in [0.4, 0.5) is 5.69 Å². The summed E-state index contributed by atoms with van der Waals surface area (Å²) in [5, 5.41) is 11.9. The van der Waals surface area contributed by atoms with Gasteiger partial charge in [0.25, 0.3) is 0 Å². The van der Waals surface area contributed by atoms with Crippen molar-refractivity contribution < 1.29 is 9.47 Å². The van der Waals surface area contributed by atoms with Gasteiger partial charge in [0.1, 0.15) is 0 Å². The lowest BCUT2D eigenvalue weighted by Gasteiger charge is -2.23. The molecule has 0 spiro atoms. The van der Waals surface area contributed by atoms with Crippen LogP contribution in [0, 0.1) is 11.3 Å². The third-order valence-corrected chi connectivity index (χ3v) is 2.62. The monoisotopic (exact) mass is 262 g/mol. The Hall–Kier alpha value is -1.57. The van der Waals surface area contributed by atoms with Crippen molar-refractivity contribution in [3.63, 3.8) is 0 Å². The normalized spacial score (nSPS) is 15.0. The summed E-state index contributed by atoms with van der Waals surface area (Å²) >= 11 is 0. The minimum Gasteiger partial charge on any atom is -0.385 e. The Morgan fingerprint density at radius 3 is 2.42 bits per heavy atom. The van der Waals surface area contributed by atoms with E-state index in [1.165, 1.54) is 0 Å². The minimum atomic E-state index is -0.0744. The highest BCUT2D eigenvalue weighted by atomic mass is 16.7. The van der Waals surface area contributed by atoms with Gasteiger partial charge in [0, 0.05) is 18.7 Å². The van der Waals surface area contributed by atoms with Gasteiger partial charge in [-0.2, -0.15) is 5.26 Å². The molecule has 1 aliphatic rings. The molecule has 1 saturated heterocycles. The van der Waals surface area contributed by atoms with E-state index in [0.29, 0.717) is 5.56 Å². The standard InChI is InChI=1S/C13H16N2O2.C2H6/c14-10-11-2-4-12(5-3-11)15-7-6-13-16-8-1-9-17-13;1-2/h2-5,13,15H,1,6-9H2;1-2H3. The highest BCUT2D eigenvalue weighted by molar-refractivity contribution is 5.46. The summed E-state index contributed by atoms with van der Waals surface area (Å²) < 4.78 is 10.9. The quantitative estimate of drug-likeness (QED) is 0.905. The Morgan fingerprint density at radius 2 is 1.84 bits per heavy atom. The lowest BCUT2D eigenvalue weighted by Crippen LogP contribution is -2.26. The van der Waals surface area contributed by atoms with Crippen molar-refractivity contribution in [3.8, 4) is 6.07 Å². The van der Waals surface area contributed by atoms with Gasteiger partial charge in [0.15, 0.2) is 6.29 Å². The van der Waals surface area contributed by atoms with Crippen LogP contribution in [0.3, 0.4) is 0 Å². The third-order valence-electron chi connectivity index (χ3n) is 2.62. The average Bonchev–Trinajstić information content (AvgIpc) is 2.51. The summed E-state index contributed by atoms with van der Waals surface area (Å²) in [6.07, 6.45) is 1.74. The van der Waals surface area contributed by atoms with Crippen LogP contribution >= 0.6 is 0 Å². The van der Waals surface area contributed by atoms with E-state index in [-0.39, 0.29) is 6.29 Å². The Morgan fingerprint density at radius 1 is 1.21 bits per heavy atom. The van der Waals surface area contributed by atoms with Crippen LogP contribution in [-0.4, -0.2) is 26.0 Å². The van der Waals surface area contributed by atoms with Gasteiger partial charge in [-0.25, -0.2) is 0 Å². The first-order valence-electron chi connectivity index (χ1n) is 6.86. The topological polar surface area (TPSA) is 54.3 Å². The molecule has 4 nitrogen and oxygen atoms in total. The lowest BCUT2D eigenvalue weighted by molar-refractivity contribution is -0.179. The molecule has 0 aliphatic carbocycles. The van der Waals surface area contributed by atoms with Gasteiger partial charge < -0.3 is 14.8 Å². The van der Waals surface area contributed by atoms with Crippen LogP contribution in [0.2, 0.25) is 0 Å². The van der Waals surface area contributed by atoms with E-state index < -0.39 is 0 Å². The van der Waals surface area contributed by atoms with Crippen molar-refractivity contribution in [2.75, 3.05) is 25.1 Å². The predicted octanol–water partition coefficient (Wildman–Crippen LogP) is 3.15. The first-order chi connectivity index (χ1) is 9.38. The van der Waals surface area contributed by atoms with E-state index in [4.69, 9.17) is 14.7 Å². The molecule has 1 aromatic rings. The summed E-state index contributed by atoms with van der Waals surface area (Å²) in [4.78, 5) is 0. The smallest absolute Gasteiger partial charge is 0.159 e. The van der Waals surface area contributed by atoms with Crippen LogP contribution in [0.15, 0.2) is 24.3 Å². The molecule has 0 saturated carbocycles. The maximum absolute atomic E-state index is 8.67. The largest absolute Gasteiger partial charge is 0.385 e. The molecule has 0 radical (unpaired) electrons. The Kier molecular flexibility index (Phi) is 7.64. The van der Waals surface area contributed by atoms with E-state index in [0.717, 1.165) is 38.3 Å². The lowest BCUT2D eigenvalue weighted by atomic mass is 10.2. The summed E-state index contributed by atoms with van der Waals surface area (Å²) in [5.74, 6) is 0. The van der Waals surface area contributed by atoms with Gasteiger partial charge >= 0.3 is 0 Å². The number of ether oxygens (including phenoxy) is 2. The molecule has 4 heteroatoms. The second kappa shape index (κ2) is 9.37. The second-order valence-corrected chi connectivity index (χ2v) is 3.93. The molecule has 0 unspecified atom stereocenters. The number of nitrogens with zero attached hydrogens (tertiary/aromatic N) is 1. The Balaban J connectivity index is 0.000000861. The van der Waals surface area contributed by atoms with Gasteiger partial charge in [0.2, 0.25) is 0 Å². The van der Waals surface area contributed by atoms with Gasteiger partial charge in [-0.15, -0.1) is 0 Å². The molecule has 0 amide bonds. The maximum atomic E-state index is 8.67. The summed E-state index contributed by atoms with van der Waals surface area (Å²) in [7, 11) is 0. The van der Waals surface area contributed by atoms with Crippen LogP contribution in [0.1, 0.15) is 32.3 Å². The zero-order valence-electron chi connectivity index (χ0n) is 11.7. The van der Waals surface area contributed by atoms with Crippen molar-refractivity contribution in [2.24, 2.45) is 0 Å². The average molecular weight is 262 g/mol. The van der Waals surface area contributed by atoms with Crippen LogP contribution in [0.25, 0.3) is 0 Å². The zero-order chi connectivity index (χ0) is 13.9. The molecule has 19 heavy (non-hydrogen) atoms. The molecule has 1 fully saturated rings. The highest BCUT2D eigenvalue weighted by Gasteiger charge is 2.12. The van der Waals surface area contributed by atoms with Gasteiger partial charge in [-0.05, 0) is 30.7 Å². The molecular weight excluding hydrogens is 240 g/mol. The molecule has 1 aromatic carbocycles. The molecule has 104 valence electrons. The molecule has 1 aliphatic heterocycles. The highest BCUT2D eigenvalue weighted by Crippen LogP contribution is 2.11. The van der Waals surface area contributed by atoms with Gasteiger partial charge in [-0.3, -0.25) is 0 Å². The zero-order valence-corrected chi connectivity index (χ0v) is 11.7. The first kappa shape index (κ1) is 15.5. The number of hydrogen-bond donors (Lipinski definition) is 1. The predicted molar refractivity (Wildman–Crippen MR) is 75.9 cm³/mol. The molecule has 0 aromatic heterocycles. The van der Waals surface area contributed by atoms with E-state index in [2.05, 4.69) is 11.4 Å². The summed E-state index contributed by atoms with van der Waals surface area (Å²) in [6, 6.07) is 9.51. The number of nitrogens with one attached hydrogen (secondary N) is 1. The fraction of sp³-hybridized carbons (Fsp3) is 0.533. The first-order valence-corrected chi connectivity index (χ1v) is 6.86. The van der Waals surface area contributed by atoms with Crippen LogP contribution in [0.5, 0.6) is 0 Å². The SMILES string of the molecule is CC.N#Cc1ccc(NCCC2OCCCO2)cc1. The van der Waals surface area contributed by atoms with E-state index in [1.807, 2.05) is 26.0 Å². The molecule has 0 bridgehead atoms. The number of benzene rings is 1. The number of anilines is 1. The maximum Gasteiger partial charge on any atom is 0.159 e. The van der Waals surface area contributed by atoms with Crippen molar-refractivity contribution in [1.82, 2.24) is 0 Å².